The number of anilines is 1. The largest absolute Gasteiger partial charge is 0.362 e. The number of nitrogens with one attached hydrogen (secondary N) is 2. The number of thioether (sulfide) groups is 1. The second-order valence-electron chi connectivity index (χ2n) is 4.37. The molecule has 7 heteroatoms. The van der Waals surface area contributed by atoms with Crippen molar-refractivity contribution in [1.82, 2.24) is 10.3 Å². The normalized spacial score (nSPS) is 10.3. The fraction of sp³-hybridized carbons (Fsp3) is 0.200. The van der Waals surface area contributed by atoms with Crippen molar-refractivity contribution >= 4 is 58.0 Å². The molecule has 0 aliphatic rings. The molecule has 0 aliphatic carbocycles. The van der Waals surface area contributed by atoms with Crippen molar-refractivity contribution in [1.29, 1.82) is 0 Å². The molecular formula is C15H15Cl2N3S2. The highest BCUT2D eigenvalue weighted by Crippen LogP contribution is 2.27. The van der Waals surface area contributed by atoms with Crippen LogP contribution in [0.15, 0.2) is 42.7 Å². The average molecular weight is 372 g/mol. The first-order chi connectivity index (χ1) is 10.7. The molecule has 0 atom stereocenters. The molecule has 0 saturated heterocycles. The van der Waals surface area contributed by atoms with E-state index in [-0.39, 0.29) is 0 Å². The minimum Gasteiger partial charge on any atom is -0.362 e. The van der Waals surface area contributed by atoms with E-state index in [0.717, 1.165) is 29.3 Å². The minimum absolute atomic E-state index is 0.600. The van der Waals surface area contributed by atoms with E-state index in [1.165, 1.54) is 0 Å². The van der Waals surface area contributed by atoms with E-state index in [9.17, 15) is 0 Å². The SMILES string of the molecule is S=C(NCCSCc1c(Cl)cccc1Cl)Nc1ccncc1. The molecule has 0 saturated carbocycles. The van der Waals surface area contributed by atoms with E-state index >= 15 is 0 Å². The van der Waals surface area contributed by atoms with Crippen molar-refractivity contribution < 1.29 is 0 Å². The van der Waals surface area contributed by atoms with Crippen LogP contribution in [-0.2, 0) is 5.75 Å². The summed E-state index contributed by atoms with van der Waals surface area (Å²) in [5.41, 5.74) is 1.90. The molecule has 22 heavy (non-hydrogen) atoms. The third-order valence-corrected chi connectivity index (χ3v) is 4.72. The predicted octanol–water partition coefficient (Wildman–Crippen LogP) is 4.61. The highest BCUT2D eigenvalue weighted by molar-refractivity contribution is 7.98. The van der Waals surface area contributed by atoms with E-state index in [1.807, 2.05) is 30.3 Å². The lowest BCUT2D eigenvalue weighted by molar-refractivity contribution is 0.989. The lowest BCUT2D eigenvalue weighted by Crippen LogP contribution is -2.30. The van der Waals surface area contributed by atoms with Crippen LogP contribution in [-0.4, -0.2) is 22.4 Å². The Hall–Kier alpha value is -1.01. The molecule has 0 spiro atoms. The van der Waals surface area contributed by atoms with Crippen LogP contribution < -0.4 is 10.6 Å². The van der Waals surface area contributed by atoms with Crippen molar-refractivity contribution in [3.8, 4) is 0 Å². The van der Waals surface area contributed by atoms with Gasteiger partial charge >= 0.3 is 0 Å². The van der Waals surface area contributed by atoms with Crippen LogP contribution in [0.25, 0.3) is 0 Å². The molecule has 2 aromatic rings. The summed E-state index contributed by atoms with van der Waals surface area (Å²) in [6.45, 7) is 0.768. The van der Waals surface area contributed by atoms with Crippen LogP contribution in [0.3, 0.4) is 0 Å². The second kappa shape index (κ2) is 9.20. The molecule has 0 amide bonds. The first-order valence-electron chi connectivity index (χ1n) is 6.62. The highest BCUT2D eigenvalue weighted by Gasteiger charge is 2.05. The quantitative estimate of drug-likeness (QED) is 0.572. The number of benzene rings is 1. The summed E-state index contributed by atoms with van der Waals surface area (Å²) >= 11 is 19.2. The zero-order chi connectivity index (χ0) is 15.8. The Morgan fingerprint density at radius 3 is 2.50 bits per heavy atom. The Labute approximate surface area is 149 Å². The van der Waals surface area contributed by atoms with E-state index in [1.54, 1.807) is 24.2 Å². The summed E-state index contributed by atoms with van der Waals surface area (Å²) in [5, 5.41) is 8.28. The number of halogens is 2. The van der Waals surface area contributed by atoms with Crippen LogP contribution in [0.2, 0.25) is 10.0 Å². The van der Waals surface area contributed by atoms with Crippen molar-refractivity contribution in [2.45, 2.75) is 5.75 Å². The van der Waals surface area contributed by atoms with Gasteiger partial charge in [-0.15, -0.1) is 0 Å². The molecule has 1 aromatic carbocycles. The van der Waals surface area contributed by atoms with Gasteiger partial charge in [-0.25, -0.2) is 0 Å². The van der Waals surface area contributed by atoms with E-state index in [4.69, 9.17) is 35.4 Å². The minimum atomic E-state index is 0.600. The number of nitrogens with zero attached hydrogens (tertiary/aromatic N) is 1. The monoisotopic (exact) mass is 371 g/mol. The van der Waals surface area contributed by atoms with Gasteiger partial charge in [-0.2, -0.15) is 11.8 Å². The Morgan fingerprint density at radius 2 is 1.82 bits per heavy atom. The predicted molar refractivity (Wildman–Crippen MR) is 101 cm³/mol. The summed E-state index contributed by atoms with van der Waals surface area (Å²) in [5.74, 6) is 1.68. The lowest BCUT2D eigenvalue weighted by atomic mass is 10.2. The van der Waals surface area contributed by atoms with Crippen LogP contribution >= 0.6 is 47.2 Å². The maximum atomic E-state index is 6.13. The third-order valence-electron chi connectivity index (χ3n) is 2.78. The summed E-state index contributed by atoms with van der Waals surface area (Å²) in [6.07, 6.45) is 3.43. The van der Waals surface area contributed by atoms with Crippen LogP contribution in [0, 0.1) is 0 Å². The number of aromatic nitrogens is 1. The molecule has 3 nitrogen and oxygen atoms in total. The summed E-state index contributed by atoms with van der Waals surface area (Å²) in [7, 11) is 0. The number of thiocarbonyl (C=S) groups is 1. The smallest absolute Gasteiger partial charge is 0.170 e. The molecule has 0 fully saturated rings. The molecule has 116 valence electrons. The Balaban J connectivity index is 1.66. The molecular weight excluding hydrogens is 357 g/mol. The maximum absolute atomic E-state index is 6.13. The Kier molecular flexibility index (Phi) is 7.25. The van der Waals surface area contributed by atoms with Gasteiger partial charge in [0, 0.05) is 46.2 Å². The van der Waals surface area contributed by atoms with E-state index in [2.05, 4.69) is 15.6 Å². The van der Waals surface area contributed by atoms with Gasteiger partial charge in [-0.1, -0.05) is 29.3 Å². The third kappa shape index (κ3) is 5.65. The van der Waals surface area contributed by atoms with E-state index in [0.29, 0.717) is 15.2 Å². The second-order valence-corrected chi connectivity index (χ2v) is 6.70. The fourth-order valence-electron chi connectivity index (χ4n) is 1.69. The first kappa shape index (κ1) is 17.3. The molecule has 2 rings (SSSR count). The number of rotatable bonds is 6. The molecule has 0 radical (unpaired) electrons. The highest BCUT2D eigenvalue weighted by atomic mass is 35.5. The van der Waals surface area contributed by atoms with Gasteiger partial charge in [-0.3, -0.25) is 4.98 Å². The molecule has 1 aromatic heterocycles. The number of hydrogen-bond acceptors (Lipinski definition) is 3. The molecule has 0 bridgehead atoms. The van der Waals surface area contributed by atoms with Gasteiger partial charge in [0.15, 0.2) is 5.11 Å². The molecule has 0 unspecified atom stereocenters. The van der Waals surface area contributed by atoms with Crippen molar-refractivity contribution in [2.75, 3.05) is 17.6 Å². The zero-order valence-corrected chi connectivity index (χ0v) is 14.8. The summed E-state index contributed by atoms with van der Waals surface area (Å²) < 4.78 is 0. The van der Waals surface area contributed by atoms with Gasteiger partial charge in [0.05, 0.1) is 0 Å². The van der Waals surface area contributed by atoms with Gasteiger partial charge in [0.2, 0.25) is 0 Å². The standard InChI is InChI=1S/C15H15Cl2N3S2/c16-13-2-1-3-14(17)12(13)10-22-9-8-19-15(21)20-11-4-6-18-7-5-11/h1-7H,8-10H2,(H2,18,19,20,21). The van der Waals surface area contributed by atoms with Gasteiger partial charge < -0.3 is 10.6 Å². The topological polar surface area (TPSA) is 37.0 Å². The van der Waals surface area contributed by atoms with Crippen LogP contribution in [0.5, 0.6) is 0 Å². The van der Waals surface area contributed by atoms with Crippen LogP contribution in [0.4, 0.5) is 5.69 Å². The maximum Gasteiger partial charge on any atom is 0.170 e. The van der Waals surface area contributed by atoms with Crippen molar-refractivity contribution in [3.05, 3.63) is 58.3 Å². The van der Waals surface area contributed by atoms with Crippen LogP contribution in [0.1, 0.15) is 5.56 Å². The fourth-order valence-corrected chi connectivity index (χ4v) is 3.51. The summed E-state index contributed by atoms with van der Waals surface area (Å²) in [4.78, 5) is 3.95. The Morgan fingerprint density at radius 1 is 1.14 bits per heavy atom. The first-order valence-corrected chi connectivity index (χ1v) is 8.94. The van der Waals surface area contributed by atoms with Gasteiger partial charge in [-0.05, 0) is 42.0 Å². The number of hydrogen-bond donors (Lipinski definition) is 2. The Bertz CT molecular complexity index is 603. The van der Waals surface area contributed by atoms with Crippen molar-refractivity contribution in [2.24, 2.45) is 0 Å². The molecule has 1 heterocycles. The lowest BCUT2D eigenvalue weighted by Gasteiger charge is -2.10. The zero-order valence-electron chi connectivity index (χ0n) is 11.7. The molecule has 2 N–H and O–H groups in total. The average Bonchev–Trinajstić information content (AvgIpc) is 2.50. The summed E-state index contributed by atoms with van der Waals surface area (Å²) in [6, 6.07) is 9.29. The molecule has 0 aliphatic heterocycles. The number of pyridine rings is 1. The van der Waals surface area contributed by atoms with Crippen molar-refractivity contribution in [3.63, 3.8) is 0 Å². The van der Waals surface area contributed by atoms with Gasteiger partial charge in [0.1, 0.15) is 0 Å². The van der Waals surface area contributed by atoms with E-state index < -0.39 is 0 Å². The van der Waals surface area contributed by atoms with Gasteiger partial charge in [0.25, 0.3) is 0 Å².